The van der Waals surface area contributed by atoms with Gasteiger partial charge in [0, 0.05) is 13.0 Å². The third-order valence-corrected chi connectivity index (χ3v) is 5.84. The molecule has 20 heavy (non-hydrogen) atoms. The normalized spacial score (nSPS) is 30.7. The van der Waals surface area contributed by atoms with E-state index in [-0.39, 0.29) is 0 Å². The highest BCUT2D eigenvalue weighted by atomic mass is 79.9. The molecule has 0 aromatic carbocycles. The molecule has 2 rings (SSSR count). The number of aromatic nitrogens is 2. The summed E-state index contributed by atoms with van der Waals surface area (Å²) in [5.41, 5.74) is 1.70. The highest BCUT2D eigenvalue weighted by Crippen LogP contribution is 2.39. The molecule has 1 aromatic rings. The summed E-state index contributed by atoms with van der Waals surface area (Å²) in [5, 5.41) is 15.6. The Labute approximate surface area is 130 Å². The minimum Gasteiger partial charge on any atom is -0.389 e. The number of aryl methyl sites for hydroxylation is 2. The first-order chi connectivity index (χ1) is 9.40. The van der Waals surface area contributed by atoms with Crippen LogP contribution in [-0.2, 0) is 19.4 Å². The second-order valence-corrected chi connectivity index (χ2v) is 7.27. The van der Waals surface area contributed by atoms with Gasteiger partial charge in [-0.2, -0.15) is 5.10 Å². The average Bonchev–Trinajstić information content (AvgIpc) is 2.71. The molecule has 3 nitrogen and oxygen atoms in total. The van der Waals surface area contributed by atoms with Crippen LogP contribution >= 0.6 is 15.9 Å². The van der Waals surface area contributed by atoms with Gasteiger partial charge in [0.2, 0.25) is 0 Å². The van der Waals surface area contributed by atoms with Crippen LogP contribution in [-0.4, -0.2) is 20.5 Å². The molecular formula is C16H27BrN2O. The number of halogens is 1. The molecule has 0 spiro atoms. The van der Waals surface area contributed by atoms with Crippen molar-refractivity contribution in [2.75, 3.05) is 0 Å². The summed E-state index contributed by atoms with van der Waals surface area (Å²) >= 11 is 3.69. The SMILES string of the molecule is CCc1nn(CC)c(CC2(O)CCC(C)C(C)C2)c1Br. The Morgan fingerprint density at radius 1 is 1.35 bits per heavy atom. The minimum absolute atomic E-state index is 0.563. The van der Waals surface area contributed by atoms with Gasteiger partial charge >= 0.3 is 0 Å². The van der Waals surface area contributed by atoms with Crippen LogP contribution in [0.3, 0.4) is 0 Å². The van der Waals surface area contributed by atoms with E-state index in [0.717, 1.165) is 54.0 Å². The van der Waals surface area contributed by atoms with Gasteiger partial charge in [-0.1, -0.05) is 20.8 Å². The first-order valence-corrected chi connectivity index (χ1v) is 8.66. The summed E-state index contributed by atoms with van der Waals surface area (Å²) in [4.78, 5) is 0. The summed E-state index contributed by atoms with van der Waals surface area (Å²) in [6.45, 7) is 9.65. The van der Waals surface area contributed by atoms with Crippen molar-refractivity contribution in [3.8, 4) is 0 Å². The van der Waals surface area contributed by atoms with Crippen LogP contribution in [0.5, 0.6) is 0 Å². The quantitative estimate of drug-likeness (QED) is 0.899. The molecule has 1 N–H and O–H groups in total. The Bertz CT molecular complexity index is 471. The molecule has 1 aromatic heterocycles. The summed E-state index contributed by atoms with van der Waals surface area (Å²) in [7, 11) is 0. The number of nitrogens with zero attached hydrogens (tertiary/aromatic N) is 2. The van der Waals surface area contributed by atoms with Crippen molar-refractivity contribution < 1.29 is 5.11 Å². The van der Waals surface area contributed by atoms with Crippen molar-refractivity contribution in [2.24, 2.45) is 11.8 Å². The maximum Gasteiger partial charge on any atom is 0.0766 e. The molecule has 3 unspecified atom stereocenters. The fourth-order valence-corrected chi connectivity index (χ4v) is 4.05. The highest BCUT2D eigenvalue weighted by Gasteiger charge is 2.37. The molecule has 1 aliphatic rings. The number of hydrogen-bond donors (Lipinski definition) is 1. The van der Waals surface area contributed by atoms with E-state index in [2.05, 4.69) is 48.7 Å². The molecule has 1 aliphatic carbocycles. The lowest BCUT2D eigenvalue weighted by molar-refractivity contribution is -0.0294. The second kappa shape index (κ2) is 6.18. The van der Waals surface area contributed by atoms with Crippen molar-refractivity contribution in [2.45, 2.75) is 71.9 Å². The zero-order valence-electron chi connectivity index (χ0n) is 13.1. The molecule has 0 bridgehead atoms. The van der Waals surface area contributed by atoms with E-state index in [1.807, 2.05) is 4.68 Å². The van der Waals surface area contributed by atoms with E-state index in [0.29, 0.717) is 12.3 Å². The van der Waals surface area contributed by atoms with Gasteiger partial charge < -0.3 is 5.11 Å². The van der Waals surface area contributed by atoms with Crippen LogP contribution < -0.4 is 0 Å². The predicted octanol–water partition coefficient (Wildman–Crippen LogP) is 3.96. The largest absolute Gasteiger partial charge is 0.389 e. The first kappa shape index (κ1) is 16.0. The van der Waals surface area contributed by atoms with Crippen LogP contribution in [0.2, 0.25) is 0 Å². The predicted molar refractivity (Wildman–Crippen MR) is 85.8 cm³/mol. The van der Waals surface area contributed by atoms with Gasteiger partial charge in [0.15, 0.2) is 0 Å². The van der Waals surface area contributed by atoms with Crippen molar-refractivity contribution in [3.63, 3.8) is 0 Å². The Kier molecular flexibility index (Phi) is 4.96. The van der Waals surface area contributed by atoms with Crippen LogP contribution in [0, 0.1) is 11.8 Å². The topological polar surface area (TPSA) is 38.0 Å². The molecule has 4 heteroatoms. The molecular weight excluding hydrogens is 316 g/mol. The molecule has 0 aliphatic heterocycles. The zero-order valence-corrected chi connectivity index (χ0v) is 14.7. The molecule has 1 saturated carbocycles. The summed E-state index contributed by atoms with van der Waals surface area (Å²) in [6.07, 6.45) is 4.56. The number of aliphatic hydroxyl groups is 1. The number of hydrogen-bond acceptors (Lipinski definition) is 2. The van der Waals surface area contributed by atoms with Crippen molar-refractivity contribution in [3.05, 3.63) is 15.9 Å². The minimum atomic E-state index is -0.563. The Balaban J connectivity index is 2.23. The summed E-state index contributed by atoms with van der Waals surface area (Å²) in [6, 6.07) is 0. The fraction of sp³-hybridized carbons (Fsp3) is 0.812. The molecule has 0 amide bonds. The zero-order chi connectivity index (χ0) is 14.9. The monoisotopic (exact) mass is 342 g/mol. The van der Waals surface area contributed by atoms with E-state index in [9.17, 15) is 5.11 Å². The highest BCUT2D eigenvalue weighted by molar-refractivity contribution is 9.10. The Hall–Kier alpha value is -0.350. The third-order valence-electron chi connectivity index (χ3n) is 4.93. The molecule has 3 atom stereocenters. The molecule has 114 valence electrons. The van der Waals surface area contributed by atoms with Gasteiger partial charge in [-0.25, -0.2) is 0 Å². The lowest BCUT2D eigenvalue weighted by Crippen LogP contribution is -2.40. The van der Waals surface area contributed by atoms with Gasteiger partial charge in [-0.15, -0.1) is 0 Å². The van der Waals surface area contributed by atoms with Crippen LogP contribution in [0.1, 0.15) is 58.3 Å². The molecule has 1 fully saturated rings. The fourth-order valence-electron chi connectivity index (χ4n) is 3.34. The Morgan fingerprint density at radius 3 is 2.60 bits per heavy atom. The average molecular weight is 343 g/mol. The standard InChI is InChI=1S/C16H27BrN2O/c1-5-13-15(17)14(19(6-2)18-13)10-16(20)8-7-11(3)12(4)9-16/h11-12,20H,5-10H2,1-4H3. The second-order valence-electron chi connectivity index (χ2n) is 6.48. The maximum atomic E-state index is 11.0. The summed E-state index contributed by atoms with van der Waals surface area (Å²) in [5.74, 6) is 1.32. The summed E-state index contributed by atoms with van der Waals surface area (Å²) < 4.78 is 3.14. The van der Waals surface area contributed by atoms with E-state index < -0.39 is 5.60 Å². The van der Waals surface area contributed by atoms with Gasteiger partial charge in [0.05, 0.1) is 21.5 Å². The van der Waals surface area contributed by atoms with E-state index >= 15 is 0 Å². The smallest absolute Gasteiger partial charge is 0.0766 e. The van der Waals surface area contributed by atoms with Crippen LogP contribution in [0.4, 0.5) is 0 Å². The van der Waals surface area contributed by atoms with Gasteiger partial charge in [0.25, 0.3) is 0 Å². The van der Waals surface area contributed by atoms with Crippen LogP contribution in [0.15, 0.2) is 4.47 Å². The van der Waals surface area contributed by atoms with Crippen molar-refractivity contribution in [1.82, 2.24) is 9.78 Å². The first-order valence-electron chi connectivity index (χ1n) is 7.86. The van der Waals surface area contributed by atoms with E-state index in [1.54, 1.807) is 0 Å². The van der Waals surface area contributed by atoms with E-state index in [4.69, 9.17) is 0 Å². The lowest BCUT2D eigenvalue weighted by Gasteiger charge is -2.39. The molecule has 1 heterocycles. The van der Waals surface area contributed by atoms with Crippen molar-refractivity contribution in [1.29, 1.82) is 0 Å². The van der Waals surface area contributed by atoms with Crippen molar-refractivity contribution >= 4 is 15.9 Å². The number of rotatable bonds is 4. The maximum absolute atomic E-state index is 11.0. The molecule has 0 saturated heterocycles. The Morgan fingerprint density at radius 2 is 2.05 bits per heavy atom. The van der Waals surface area contributed by atoms with Gasteiger partial charge in [0.1, 0.15) is 0 Å². The third kappa shape index (κ3) is 3.11. The van der Waals surface area contributed by atoms with Gasteiger partial charge in [-0.05, 0) is 60.4 Å². The lowest BCUT2D eigenvalue weighted by atomic mass is 9.71. The molecule has 0 radical (unpaired) electrons. The van der Waals surface area contributed by atoms with Crippen LogP contribution in [0.25, 0.3) is 0 Å². The van der Waals surface area contributed by atoms with E-state index in [1.165, 1.54) is 0 Å². The van der Waals surface area contributed by atoms with Gasteiger partial charge in [-0.3, -0.25) is 4.68 Å².